The number of rotatable bonds is 6. The van der Waals surface area contributed by atoms with Crippen LogP contribution in [-0.4, -0.2) is 18.6 Å². The smallest absolute Gasteiger partial charge is 0.217 e. The Hall–Kier alpha value is -1.78. The molecule has 22 heavy (non-hydrogen) atoms. The maximum Gasteiger partial charge on any atom is 0.217 e. The van der Waals surface area contributed by atoms with Crippen molar-refractivity contribution in [1.82, 2.24) is 0 Å². The Morgan fingerprint density at radius 3 is 2.41 bits per heavy atom. The van der Waals surface area contributed by atoms with Crippen LogP contribution in [0, 0.1) is 0 Å². The van der Waals surface area contributed by atoms with E-state index in [0.717, 1.165) is 10.5 Å². The Labute approximate surface area is 136 Å². The van der Waals surface area contributed by atoms with Gasteiger partial charge in [-0.1, -0.05) is 53.3 Å². The van der Waals surface area contributed by atoms with Gasteiger partial charge in [-0.05, 0) is 39.0 Å². The second kappa shape index (κ2) is 8.01. The summed E-state index contributed by atoms with van der Waals surface area (Å²) in [5, 5.41) is 3.98. The van der Waals surface area contributed by atoms with Crippen molar-refractivity contribution >= 4 is 18.0 Å². The van der Waals surface area contributed by atoms with Crippen LogP contribution in [0.2, 0.25) is 0 Å². The van der Waals surface area contributed by atoms with E-state index in [2.05, 4.69) is 23.4 Å². The van der Waals surface area contributed by atoms with E-state index in [1.54, 1.807) is 18.0 Å². The van der Waals surface area contributed by atoms with E-state index in [1.165, 1.54) is 4.90 Å². The maximum atomic E-state index is 5.45. The molecule has 0 atom stereocenters. The molecule has 0 saturated heterocycles. The van der Waals surface area contributed by atoms with Crippen molar-refractivity contribution in [1.29, 1.82) is 0 Å². The summed E-state index contributed by atoms with van der Waals surface area (Å²) in [5.41, 5.74) is 0.795. The van der Waals surface area contributed by atoms with Gasteiger partial charge in [-0.15, -0.1) is 0 Å². The molecule has 0 radical (unpaired) electrons. The minimum atomic E-state index is -0.226. The Balaban J connectivity index is 1.96. The molecule has 2 aromatic carbocycles. The van der Waals surface area contributed by atoms with Crippen molar-refractivity contribution in [3.8, 4) is 0 Å². The molecule has 0 aliphatic heterocycles. The van der Waals surface area contributed by atoms with Gasteiger partial charge in [-0.2, -0.15) is 0 Å². The summed E-state index contributed by atoms with van der Waals surface area (Å²) in [7, 11) is 0. The summed E-state index contributed by atoms with van der Waals surface area (Å²) >= 11 is 1.70. The first-order valence-corrected chi connectivity index (χ1v) is 7.97. The first kappa shape index (κ1) is 16.6. The molecule has 2 aromatic rings. The third-order valence-electron chi connectivity index (χ3n) is 2.70. The summed E-state index contributed by atoms with van der Waals surface area (Å²) in [5.74, 6) is 0. The second-order valence-electron chi connectivity index (χ2n) is 5.69. The number of ether oxygens (including phenoxy) is 1. The van der Waals surface area contributed by atoms with Crippen molar-refractivity contribution in [3.05, 3.63) is 60.2 Å². The van der Waals surface area contributed by atoms with E-state index >= 15 is 0 Å². The third kappa shape index (κ3) is 5.92. The van der Waals surface area contributed by atoms with Crippen molar-refractivity contribution in [2.45, 2.75) is 36.2 Å². The van der Waals surface area contributed by atoms with E-state index < -0.39 is 0 Å². The van der Waals surface area contributed by atoms with Gasteiger partial charge < -0.3 is 9.57 Å². The lowest BCUT2D eigenvalue weighted by molar-refractivity contribution is -0.119. The minimum absolute atomic E-state index is 0.147. The Morgan fingerprint density at radius 2 is 1.68 bits per heavy atom. The van der Waals surface area contributed by atoms with E-state index in [4.69, 9.17) is 9.57 Å². The minimum Gasteiger partial charge on any atom is -0.367 e. The van der Waals surface area contributed by atoms with Crippen LogP contribution >= 0.6 is 11.8 Å². The zero-order valence-corrected chi connectivity index (χ0v) is 14.0. The number of hydrogen-bond donors (Lipinski definition) is 0. The molecule has 4 heteroatoms. The molecule has 0 spiro atoms. The highest BCUT2D eigenvalue weighted by molar-refractivity contribution is 7.99. The van der Waals surface area contributed by atoms with E-state index in [0.29, 0.717) is 0 Å². The monoisotopic (exact) mass is 315 g/mol. The molecule has 116 valence electrons. The molecule has 0 saturated carbocycles. The Morgan fingerprint density at radius 1 is 1.00 bits per heavy atom. The van der Waals surface area contributed by atoms with Gasteiger partial charge in [0.05, 0.1) is 11.8 Å². The normalized spacial score (nSPS) is 11.8. The third-order valence-corrected chi connectivity index (χ3v) is 3.80. The van der Waals surface area contributed by atoms with Crippen LogP contribution in [-0.2, 0) is 9.57 Å². The van der Waals surface area contributed by atoms with Gasteiger partial charge >= 0.3 is 0 Å². The van der Waals surface area contributed by atoms with E-state index in [9.17, 15) is 0 Å². The fourth-order valence-electron chi connectivity index (χ4n) is 1.62. The summed E-state index contributed by atoms with van der Waals surface area (Å²) in [6.07, 6.45) is 1.72. The SMILES string of the molecule is CC(C)(C)OCO/N=C/c1ccccc1Sc1ccccc1. The van der Waals surface area contributed by atoms with Crippen molar-refractivity contribution in [2.24, 2.45) is 5.16 Å². The predicted octanol–water partition coefficient (Wildman–Crippen LogP) is 4.96. The zero-order valence-electron chi connectivity index (χ0n) is 13.2. The van der Waals surface area contributed by atoms with Gasteiger partial charge in [-0.3, -0.25) is 0 Å². The van der Waals surface area contributed by atoms with Crippen LogP contribution in [0.25, 0.3) is 0 Å². The van der Waals surface area contributed by atoms with Crippen LogP contribution < -0.4 is 0 Å². The molecule has 0 amide bonds. The first-order valence-electron chi connectivity index (χ1n) is 7.16. The standard InChI is InChI=1S/C18H21NO2S/c1-18(2,3)20-14-21-19-13-15-9-7-8-12-17(15)22-16-10-5-4-6-11-16/h4-13H,14H2,1-3H3/b19-13+. The number of hydrogen-bond acceptors (Lipinski definition) is 4. The molecule has 0 aliphatic carbocycles. The fourth-order valence-corrected chi connectivity index (χ4v) is 2.56. The fraction of sp³-hybridized carbons (Fsp3) is 0.278. The summed E-state index contributed by atoms with van der Waals surface area (Å²) < 4.78 is 5.45. The largest absolute Gasteiger partial charge is 0.367 e. The average Bonchev–Trinajstić information content (AvgIpc) is 2.48. The van der Waals surface area contributed by atoms with E-state index in [1.807, 2.05) is 57.2 Å². The van der Waals surface area contributed by atoms with Crippen molar-refractivity contribution in [3.63, 3.8) is 0 Å². The highest BCUT2D eigenvalue weighted by Crippen LogP contribution is 2.29. The van der Waals surface area contributed by atoms with Crippen LogP contribution in [0.15, 0.2) is 69.5 Å². The predicted molar refractivity (Wildman–Crippen MR) is 91.4 cm³/mol. The molecule has 0 aromatic heterocycles. The molecule has 0 unspecified atom stereocenters. The summed E-state index contributed by atoms with van der Waals surface area (Å²) in [6.45, 7) is 6.08. The molecular weight excluding hydrogens is 294 g/mol. The van der Waals surface area contributed by atoms with Gasteiger partial charge in [0, 0.05) is 15.4 Å². The quantitative estimate of drug-likeness (QED) is 0.327. The average molecular weight is 315 g/mol. The highest BCUT2D eigenvalue weighted by Gasteiger charge is 2.09. The van der Waals surface area contributed by atoms with Gasteiger partial charge in [0.1, 0.15) is 0 Å². The lowest BCUT2D eigenvalue weighted by Gasteiger charge is -2.17. The van der Waals surface area contributed by atoms with Crippen molar-refractivity contribution in [2.75, 3.05) is 6.79 Å². The summed E-state index contributed by atoms with van der Waals surface area (Å²) in [6, 6.07) is 18.4. The highest BCUT2D eigenvalue weighted by atomic mass is 32.2. The molecule has 0 N–H and O–H groups in total. The molecule has 0 fully saturated rings. The Bertz CT molecular complexity index is 606. The van der Waals surface area contributed by atoms with Crippen LogP contribution in [0.5, 0.6) is 0 Å². The van der Waals surface area contributed by atoms with E-state index in [-0.39, 0.29) is 12.4 Å². The van der Waals surface area contributed by atoms with Crippen LogP contribution in [0.4, 0.5) is 0 Å². The van der Waals surface area contributed by atoms with Gasteiger partial charge in [-0.25, -0.2) is 0 Å². The molecule has 0 heterocycles. The van der Waals surface area contributed by atoms with Gasteiger partial charge in [0.15, 0.2) is 0 Å². The van der Waals surface area contributed by atoms with Crippen LogP contribution in [0.3, 0.4) is 0 Å². The van der Waals surface area contributed by atoms with Gasteiger partial charge in [0.25, 0.3) is 0 Å². The number of nitrogens with zero attached hydrogens (tertiary/aromatic N) is 1. The first-order chi connectivity index (χ1) is 10.5. The lowest BCUT2D eigenvalue weighted by atomic mass is 10.2. The molecule has 0 bridgehead atoms. The lowest BCUT2D eigenvalue weighted by Crippen LogP contribution is -2.20. The topological polar surface area (TPSA) is 30.8 Å². The Kier molecular flexibility index (Phi) is 6.04. The molecule has 3 nitrogen and oxygen atoms in total. The molecule has 0 aliphatic rings. The number of oxime groups is 1. The van der Waals surface area contributed by atoms with Crippen molar-refractivity contribution < 1.29 is 9.57 Å². The molecule has 2 rings (SSSR count). The van der Waals surface area contributed by atoms with Gasteiger partial charge in [0.2, 0.25) is 6.79 Å². The zero-order chi connectivity index (χ0) is 15.8. The summed E-state index contributed by atoms with van der Waals surface area (Å²) in [4.78, 5) is 7.49. The maximum absolute atomic E-state index is 5.45. The number of benzene rings is 2. The molecular formula is C18H21NO2S. The van der Waals surface area contributed by atoms with Crippen LogP contribution in [0.1, 0.15) is 26.3 Å². The second-order valence-corrected chi connectivity index (χ2v) is 6.81.